The summed E-state index contributed by atoms with van der Waals surface area (Å²) in [6, 6.07) is 0.481. The molecule has 29 heavy (non-hydrogen) atoms. The van der Waals surface area contributed by atoms with E-state index in [1.165, 1.54) is 64.2 Å². The molecular formula is C25H51N3O. The van der Waals surface area contributed by atoms with Crippen LogP contribution in [0.4, 0.5) is 0 Å². The third-order valence-electron chi connectivity index (χ3n) is 6.46. The first-order valence-electron chi connectivity index (χ1n) is 12.5. The van der Waals surface area contributed by atoms with E-state index < -0.39 is 0 Å². The highest BCUT2D eigenvalue weighted by atomic mass is 16.2. The van der Waals surface area contributed by atoms with Gasteiger partial charge in [-0.05, 0) is 53.5 Å². The Morgan fingerprint density at radius 1 is 0.793 bits per heavy atom. The molecular weight excluding hydrogens is 358 g/mol. The lowest BCUT2D eigenvalue weighted by Gasteiger charge is -2.55. The predicted molar refractivity (Wildman–Crippen MR) is 126 cm³/mol. The maximum Gasteiger partial charge on any atom is 0.220 e. The molecule has 0 bridgehead atoms. The molecule has 1 rings (SSSR count). The molecule has 0 aromatic rings. The third kappa shape index (κ3) is 10.3. The van der Waals surface area contributed by atoms with E-state index in [0.717, 1.165) is 32.5 Å². The topological polar surface area (TPSA) is 44.4 Å². The average molecular weight is 410 g/mol. The molecule has 172 valence electrons. The molecule has 1 aliphatic rings. The summed E-state index contributed by atoms with van der Waals surface area (Å²) in [6.07, 6.45) is 16.0. The minimum absolute atomic E-state index is 0.0886. The number of nitrogens with one attached hydrogen (secondary N) is 2. The fraction of sp³-hybridized carbons (Fsp3) is 0.960. The van der Waals surface area contributed by atoms with E-state index in [-0.39, 0.29) is 17.0 Å². The third-order valence-corrected chi connectivity index (χ3v) is 6.46. The van der Waals surface area contributed by atoms with E-state index in [1.807, 2.05) is 0 Å². The smallest absolute Gasteiger partial charge is 0.220 e. The quantitative estimate of drug-likeness (QED) is 0.343. The van der Waals surface area contributed by atoms with Crippen LogP contribution >= 0.6 is 0 Å². The van der Waals surface area contributed by atoms with Gasteiger partial charge in [0.2, 0.25) is 5.91 Å². The van der Waals surface area contributed by atoms with E-state index in [9.17, 15) is 4.79 Å². The van der Waals surface area contributed by atoms with Crippen LogP contribution in [0.25, 0.3) is 0 Å². The van der Waals surface area contributed by atoms with Crippen molar-refractivity contribution in [3.05, 3.63) is 0 Å². The summed E-state index contributed by atoms with van der Waals surface area (Å²) in [7, 11) is 0. The van der Waals surface area contributed by atoms with Crippen molar-refractivity contribution in [2.24, 2.45) is 0 Å². The zero-order valence-corrected chi connectivity index (χ0v) is 20.5. The van der Waals surface area contributed by atoms with Crippen molar-refractivity contribution in [3.63, 3.8) is 0 Å². The molecule has 2 N–H and O–H groups in total. The molecule has 1 heterocycles. The standard InChI is InChI=1S/C25H51N3O/c1-7-8-9-10-11-12-13-14-15-16-17-26-18-19-27-23-20-24(3,4)28(22(2)29)25(5,6)21-23/h23,26-27H,7-21H2,1-6H3. The lowest BCUT2D eigenvalue weighted by atomic mass is 9.77. The van der Waals surface area contributed by atoms with Crippen LogP contribution in [0.1, 0.15) is 119 Å². The number of amides is 1. The van der Waals surface area contributed by atoms with E-state index in [0.29, 0.717) is 6.04 Å². The number of nitrogens with zero attached hydrogens (tertiary/aromatic N) is 1. The molecule has 0 atom stereocenters. The molecule has 0 unspecified atom stereocenters. The zero-order valence-electron chi connectivity index (χ0n) is 20.5. The van der Waals surface area contributed by atoms with Crippen molar-refractivity contribution in [1.29, 1.82) is 0 Å². The Morgan fingerprint density at radius 3 is 1.76 bits per heavy atom. The van der Waals surface area contributed by atoms with Crippen molar-refractivity contribution in [3.8, 4) is 0 Å². The molecule has 1 amide bonds. The number of carbonyl (C=O) groups excluding carboxylic acids is 1. The normalized spacial score (nSPS) is 18.9. The Hall–Kier alpha value is -0.610. The van der Waals surface area contributed by atoms with Crippen molar-refractivity contribution in [2.75, 3.05) is 19.6 Å². The number of hydrogen-bond donors (Lipinski definition) is 2. The van der Waals surface area contributed by atoms with Crippen LogP contribution in [0.2, 0.25) is 0 Å². The maximum absolute atomic E-state index is 12.1. The van der Waals surface area contributed by atoms with Gasteiger partial charge in [0.05, 0.1) is 0 Å². The summed E-state index contributed by atoms with van der Waals surface area (Å²) in [5.41, 5.74) is -0.177. The second-order valence-electron chi connectivity index (χ2n) is 10.5. The first-order valence-corrected chi connectivity index (χ1v) is 12.5. The maximum atomic E-state index is 12.1. The van der Waals surface area contributed by atoms with Crippen LogP contribution in [0.5, 0.6) is 0 Å². The monoisotopic (exact) mass is 409 g/mol. The van der Waals surface area contributed by atoms with Crippen molar-refractivity contribution >= 4 is 5.91 Å². The van der Waals surface area contributed by atoms with E-state index in [4.69, 9.17) is 0 Å². The van der Waals surface area contributed by atoms with E-state index in [2.05, 4.69) is 50.2 Å². The largest absolute Gasteiger partial charge is 0.333 e. The predicted octanol–water partition coefficient (Wildman–Crippen LogP) is 5.65. The summed E-state index contributed by atoms with van der Waals surface area (Å²) in [5, 5.41) is 7.32. The van der Waals surface area contributed by atoms with Gasteiger partial charge in [-0.1, -0.05) is 64.7 Å². The first-order chi connectivity index (χ1) is 13.7. The van der Waals surface area contributed by atoms with Crippen LogP contribution in [0, 0.1) is 0 Å². The van der Waals surface area contributed by atoms with Crippen LogP contribution in [0.3, 0.4) is 0 Å². The Morgan fingerprint density at radius 2 is 1.28 bits per heavy atom. The number of unbranched alkanes of at least 4 members (excludes halogenated alkanes) is 9. The van der Waals surface area contributed by atoms with Gasteiger partial charge < -0.3 is 15.5 Å². The summed E-state index contributed by atoms with van der Waals surface area (Å²) < 4.78 is 0. The van der Waals surface area contributed by atoms with Gasteiger partial charge in [0.1, 0.15) is 0 Å². The highest BCUT2D eigenvalue weighted by Crippen LogP contribution is 2.38. The van der Waals surface area contributed by atoms with Crippen molar-refractivity contribution < 1.29 is 4.79 Å². The molecule has 0 saturated carbocycles. The van der Waals surface area contributed by atoms with Crippen LogP contribution in [0.15, 0.2) is 0 Å². The van der Waals surface area contributed by atoms with Crippen molar-refractivity contribution in [2.45, 2.75) is 136 Å². The highest BCUT2D eigenvalue weighted by molar-refractivity contribution is 5.75. The van der Waals surface area contributed by atoms with Gasteiger partial charge in [-0.25, -0.2) is 0 Å². The van der Waals surface area contributed by atoms with E-state index >= 15 is 0 Å². The summed E-state index contributed by atoms with van der Waals surface area (Å²) >= 11 is 0. The Kier molecular flexibility index (Phi) is 12.4. The van der Waals surface area contributed by atoms with Gasteiger partial charge in [-0.3, -0.25) is 4.79 Å². The second-order valence-corrected chi connectivity index (χ2v) is 10.5. The zero-order chi connectivity index (χ0) is 21.8. The Balaban J connectivity index is 2.04. The van der Waals surface area contributed by atoms with Crippen LogP contribution < -0.4 is 10.6 Å². The highest BCUT2D eigenvalue weighted by Gasteiger charge is 2.46. The number of likely N-dealkylation sites (tertiary alicyclic amines) is 1. The van der Waals surface area contributed by atoms with E-state index in [1.54, 1.807) is 6.92 Å². The minimum atomic E-state index is -0.0886. The molecule has 0 spiro atoms. The first kappa shape index (κ1) is 26.4. The lowest BCUT2D eigenvalue weighted by molar-refractivity contribution is -0.147. The fourth-order valence-corrected chi connectivity index (χ4v) is 5.50. The number of hydrogen-bond acceptors (Lipinski definition) is 3. The van der Waals surface area contributed by atoms with Gasteiger partial charge in [-0.2, -0.15) is 0 Å². The van der Waals surface area contributed by atoms with Gasteiger partial charge in [0.15, 0.2) is 0 Å². The lowest BCUT2D eigenvalue weighted by Crippen LogP contribution is -2.65. The second kappa shape index (κ2) is 13.6. The molecule has 1 saturated heterocycles. The van der Waals surface area contributed by atoms with Gasteiger partial charge in [-0.15, -0.1) is 0 Å². The number of rotatable bonds is 15. The van der Waals surface area contributed by atoms with Gasteiger partial charge >= 0.3 is 0 Å². The molecule has 0 aromatic carbocycles. The van der Waals surface area contributed by atoms with Gasteiger partial charge in [0, 0.05) is 37.1 Å². The minimum Gasteiger partial charge on any atom is -0.333 e. The fourth-order valence-electron chi connectivity index (χ4n) is 5.50. The molecule has 4 heteroatoms. The van der Waals surface area contributed by atoms with Gasteiger partial charge in [0.25, 0.3) is 0 Å². The van der Waals surface area contributed by atoms with Crippen molar-refractivity contribution in [1.82, 2.24) is 15.5 Å². The molecule has 1 aliphatic heterocycles. The molecule has 4 nitrogen and oxygen atoms in total. The SMILES string of the molecule is CCCCCCCCCCCCNCCNC1CC(C)(C)N(C(C)=O)C(C)(C)C1. The average Bonchev–Trinajstić information content (AvgIpc) is 2.59. The van der Waals surface area contributed by atoms with Crippen LogP contribution in [-0.4, -0.2) is 47.6 Å². The molecule has 0 radical (unpaired) electrons. The summed E-state index contributed by atoms with van der Waals surface area (Å²) in [6.45, 7) is 16.0. The summed E-state index contributed by atoms with van der Waals surface area (Å²) in [4.78, 5) is 14.2. The summed E-state index contributed by atoms with van der Waals surface area (Å²) in [5.74, 6) is 0.191. The molecule has 0 aromatic heterocycles. The number of carbonyl (C=O) groups is 1. The Bertz CT molecular complexity index is 429. The van der Waals surface area contributed by atoms with Crippen LogP contribution in [-0.2, 0) is 4.79 Å². The molecule has 1 fully saturated rings. The Labute approximate surface area is 182 Å². The number of piperidine rings is 1. The molecule has 0 aliphatic carbocycles.